The average Bonchev–Trinajstić information content (AvgIpc) is 3.17. The standard InChI is InChI=1S/C23H29N3O2/c1-27-23-9-5-4-8-22(23)25-13-10-19(11-14-25)12-16-28-17-15-26-18-24-20-6-2-3-7-21(20)26/h2-9,18-19H,10-17H2,1H3. The van der Waals surface area contributed by atoms with Crippen LogP contribution in [0.2, 0.25) is 0 Å². The monoisotopic (exact) mass is 379 g/mol. The van der Waals surface area contributed by atoms with Crippen LogP contribution in [0.3, 0.4) is 0 Å². The Hall–Kier alpha value is -2.53. The predicted octanol–water partition coefficient (Wildman–Crippen LogP) is 4.37. The van der Waals surface area contributed by atoms with Crippen LogP contribution in [0.15, 0.2) is 54.9 Å². The Kier molecular flexibility index (Phi) is 6.12. The number of para-hydroxylation sites is 4. The second-order valence-corrected chi connectivity index (χ2v) is 7.43. The van der Waals surface area contributed by atoms with Crippen LogP contribution in [0, 0.1) is 5.92 Å². The molecule has 0 N–H and O–H groups in total. The fourth-order valence-electron chi connectivity index (χ4n) is 4.06. The lowest BCUT2D eigenvalue weighted by atomic mass is 9.93. The van der Waals surface area contributed by atoms with Gasteiger partial charge < -0.3 is 18.9 Å². The van der Waals surface area contributed by atoms with Crippen LogP contribution in [0.25, 0.3) is 11.0 Å². The lowest BCUT2D eigenvalue weighted by molar-refractivity contribution is 0.110. The molecule has 28 heavy (non-hydrogen) atoms. The number of hydrogen-bond donors (Lipinski definition) is 0. The Bertz CT molecular complexity index is 884. The molecule has 5 heteroatoms. The lowest BCUT2D eigenvalue weighted by Gasteiger charge is -2.34. The summed E-state index contributed by atoms with van der Waals surface area (Å²) in [6.07, 6.45) is 5.48. The fourth-order valence-corrected chi connectivity index (χ4v) is 4.06. The zero-order valence-corrected chi connectivity index (χ0v) is 16.6. The first-order valence-corrected chi connectivity index (χ1v) is 10.2. The van der Waals surface area contributed by atoms with Gasteiger partial charge in [-0.25, -0.2) is 4.98 Å². The molecule has 4 rings (SSSR count). The molecule has 1 aliphatic heterocycles. The number of imidazole rings is 1. The maximum absolute atomic E-state index is 5.92. The summed E-state index contributed by atoms with van der Waals surface area (Å²) in [5, 5.41) is 0. The Labute approximate surface area is 166 Å². The van der Waals surface area contributed by atoms with E-state index in [1.807, 2.05) is 30.6 Å². The second kappa shape index (κ2) is 9.11. The number of methoxy groups -OCH3 is 1. The topological polar surface area (TPSA) is 39.5 Å². The van der Waals surface area contributed by atoms with E-state index >= 15 is 0 Å². The molecule has 148 valence electrons. The van der Waals surface area contributed by atoms with E-state index in [1.165, 1.54) is 24.0 Å². The van der Waals surface area contributed by atoms with Crippen molar-refractivity contribution < 1.29 is 9.47 Å². The largest absolute Gasteiger partial charge is 0.495 e. The Morgan fingerprint density at radius 3 is 2.64 bits per heavy atom. The van der Waals surface area contributed by atoms with Gasteiger partial charge in [0.1, 0.15) is 5.75 Å². The molecule has 0 atom stereocenters. The summed E-state index contributed by atoms with van der Waals surface area (Å²) >= 11 is 0. The molecule has 1 aromatic heterocycles. The summed E-state index contributed by atoms with van der Waals surface area (Å²) in [7, 11) is 1.75. The van der Waals surface area contributed by atoms with Gasteiger partial charge in [0.2, 0.25) is 0 Å². The summed E-state index contributed by atoms with van der Waals surface area (Å²) in [5.74, 6) is 1.72. The number of nitrogens with zero attached hydrogens (tertiary/aromatic N) is 3. The SMILES string of the molecule is COc1ccccc1N1CCC(CCOCCn2cnc3ccccc32)CC1. The van der Waals surface area contributed by atoms with E-state index in [1.54, 1.807) is 7.11 Å². The van der Waals surface area contributed by atoms with Crippen LogP contribution in [0.1, 0.15) is 19.3 Å². The van der Waals surface area contributed by atoms with Crippen molar-refractivity contribution in [3.05, 3.63) is 54.9 Å². The summed E-state index contributed by atoms with van der Waals surface area (Å²) in [6.45, 7) is 4.61. The Morgan fingerprint density at radius 1 is 1.00 bits per heavy atom. The van der Waals surface area contributed by atoms with Crippen molar-refractivity contribution in [2.75, 3.05) is 38.3 Å². The molecular formula is C23H29N3O2. The molecule has 0 unspecified atom stereocenters. The van der Waals surface area contributed by atoms with Crippen molar-refractivity contribution in [3.8, 4) is 5.75 Å². The van der Waals surface area contributed by atoms with Gasteiger partial charge in [0.15, 0.2) is 0 Å². The van der Waals surface area contributed by atoms with Crippen molar-refractivity contribution in [1.29, 1.82) is 0 Å². The average molecular weight is 380 g/mol. The molecule has 0 spiro atoms. The van der Waals surface area contributed by atoms with Crippen LogP contribution in [0.4, 0.5) is 5.69 Å². The maximum atomic E-state index is 5.92. The minimum atomic E-state index is 0.737. The number of piperidine rings is 1. The smallest absolute Gasteiger partial charge is 0.142 e. The van der Waals surface area contributed by atoms with Crippen LogP contribution < -0.4 is 9.64 Å². The van der Waals surface area contributed by atoms with Gasteiger partial charge in [0.25, 0.3) is 0 Å². The van der Waals surface area contributed by atoms with E-state index in [0.29, 0.717) is 0 Å². The van der Waals surface area contributed by atoms with Gasteiger partial charge in [-0.2, -0.15) is 0 Å². The zero-order valence-electron chi connectivity index (χ0n) is 16.6. The molecule has 5 nitrogen and oxygen atoms in total. The van der Waals surface area contributed by atoms with Crippen molar-refractivity contribution in [2.45, 2.75) is 25.8 Å². The van der Waals surface area contributed by atoms with Crippen molar-refractivity contribution in [2.24, 2.45) is 5.92 Å². The molecule has 3 aromatic rings. The predicted molar refractivity (Wildman–Crippen MR) is 113 cm³/mol. The van der Waals surface area contributed by atoms with Crippen molar-refractivity contribution in [1.82, 2.24) is 9.55 Å². The van der Waals surface area contributed by atoms with Gasteiger partial charge >= 0.3 is 0 Å². The minimum absolute atomic E-state index is 0.737. The quantitative estimate of drug-likeness (QED) is 0.545. The molecular weight excluding hydrogens is 350 g/mol. The summed E-state index contributed by atoms with van der Waals surface area (Å²) in [4.78, 5) is 6.87. The third kappa shape index (κ3) is 4.30. The lowest BCUT2D eigenvalue weighted by Crippen LogP contribution is -2.34. The molecule has 0 radical (unpaired) electrons. The Balaban J connectivity index is 1.17. The van der Waals surface area contributed by atoms with Crippen LogP contribution in [-0.4, -0.2) is 43.0 Å². The first-order valence-electron chi connectivity index (χ1n) is 10.2. The number of hydrogen-bond acceptors (Lipinski definition) is 4. The second-order valence-electron chi connectivity index (χ2n) is 7.43. The number of benzene rings is 2. The molecule has 0 bridgehead atoms. The molecule has 2 aromatic carbocycles. The van der Waals surface area contributed by atoms with Gasteiger partial charge in [-0.05, 0) is 49.4 Å². The molecule has 1 aliphatic rings. The van der Waals surface area contributed by atoms with E-state index in [0.717, 1.165) is 56.5 Å². The molecule has 2 heterocycles. The van der Waals surface area contributed by atoms with Crippen LogP contribution in [-0.2, 0) is 11.3 Å². The van der Waals surface area contributed by atoms with Crippen LogP contribution >= 0.6 is 0 Å². The number of ether oxygens (including phenoxy) is 2. The fraction of sp³-hybridized carbons (Fsp3) is 0.435. The number of fused-ring (bicyclic) bond motifs is 1. The summed E-state index contributed by atoms with van der Waals surface area (Å²) in [6, 6.07) is 16.5. The number of aromatic nitrogens is 2. The third-order valence-electron chi connectivity index (χ3n) is 5.71. The van der Waals surface area contributed by atoms with Crippen molar-refractivity contribution in [3.63, 3.8) is 0 Å². The molecule has 1 saturated heterocycles. The molecule has 1 fully saturated rings. The first-order chi connectivity index (χ1) is 13.8. The van der Waals surface area contributed by atoms with Gasteiger partial charge in [-0.15, -0.1) is 0 Å². The summed E-state index contributed by atoms with van der Waals surface area (Å²) in [5.41, 5.74) is 3.44. The highest BCUT2D eigenvalue weighted by Crippen LogP contribution is 2.31. The highest BCUT2D eigenvalue weighted by Gasteiger charge is 2.21. The van der Waals surface area contributed by atoms with Crippen molar-refractivity contribution >= 4 is 16.7 Å². The first kappa shape index (κ1) is 18.8. The van der Waals surface area contributed by atoms with E-state index in [-0.39, 0.29) is 0 Å². The minimum Gasteiger partial charge on any atom is -0.495 e. The summed E-state index contributed by atoms with van der Waals surface area (Å²) < 4.78 is 13.6. The van der Waals surface area contributed by atoms with E-state index < -0.39 is 0 Å². The van der Waals surface area contributed by atoms with Gasteiger partial charge in [-0.3, -0.25) is 0 Å². The molecule has 0 saturated carbocycles. The number of rotatable bonds is 8. The van der Waals surface area contributed by atoms with Crippen LogP contribution in [0.5, 0.6) is 5.75 Å². The van der Waals surface area contributed by atoms with E-state index in [9.17, 15) is 0 Å². The molecule has 0 aliphatic carbocycles. The number of anilines is 1. The highest BCUT2D eigenvalue weighted by atomic mass is 16.5. The highest BCUT2D eigenvalue weighted by molar-refractivity contribution is 5.74. The van der Waals surface area contributed by atoms with Gasteiger partial charge in [0, 0.05) is 26.2 Å². The van der Waals surface area contributed by atoms with Gasteiger partial charge in [-0.1, -0.05) is 24.3 Å². The maximum Gasteiger partial charge on any atom is 0.142 e. The van der Waals surface area contributed by atoms with E-state index in [2.05, 4.69) is 38.7 Å². The zero-order chi connectivity index (χ0) is 19.2. The normalized spacial score (nSPS) is 15.2. The third-order valence-corrected chi connectivity index (χ3v) is 5.71. The Morgan fingerprint density at radius 2 is 1.79 bits per heavy atom. The molecule has 0 amide bonds. The van der Waals surface area contributed by atoms with Gasteiger partial charge in [0.05, 0.1) is 36.8 Å². The van der Waals surface area contributed by atoms with E-state index in [4.69, 9.17) is 9.47 Å².